The largest absolute Gasteiger partial charge is 0.484 e. The van der Waals surface area contributed by atoms with E-state index in [9.17, 15) is 18.0 Å². The number of nitrogens with one attached hydrogen (secondary N) is 1. The molecule has 24 heavy (non-hydrogen) atoms. The molecule has 134 valence electrons. The van der Waals surface area contributed by atoms with Crippen molar-refractivity contribution in [2.24, 2.45) is 0 Å². The number of nitrogens with zero attached hydrogens (tertiary/aromatic N) is 1. The number of carbonyl (C=O) groups is 1. The molecule has 1 saturated heterocycles. The van der Waals surface area contributed by atoms with Gasteiger partial charge in [0.1, 0.15) is 5.75 Å². The molecular formula is C16H21F3N2O3. The van der Waals surface area contributed by atoms with E-state index in [0.29, 0.717) is 25.4 Å². The van der Waals surface area contributed by atoms with Gasteiger partial charge in [-0.15, -0.1) is 0 Å². The number of hydrogen-bond donors (Lipinski definition) is 1. The number of amides is 2. The Bertz CT molecular complexity index is 532. The molecule has 1 atom stereocenters. The lowest BCUT2D eigenvalue weighted by atomic mass is 10.1. The normalized spacial score (nSPS) is 18.3. The molecule has 8 heteroatoms. The van der Waals surface area contributed by atoms with Gasteiger partial charge in [-0.3, -0.25) is 0 Å². The minimum atomic E-state index is -4.38. The maximum Gasteiger partial charge on any atom is 0.422 e. The summed E-state index contributed by atoms with van der Waals surface area (Å²) in [6.45, 7) is 2.38. The fraction of sp³-hybridized carbons (Fsp3) is 0.562. The highest BCUT2D eigenvalue weighted by molar-refractivity contribution is 5.89. The summed E-state index contributed by atoms with van der Waals surface area (Å²) in [5.74, 6) is 0.0970. The van der Waals surface area contributed by atoms with Crippen LogP contribution in [0.1, 0.15) is 19.8 Å². The van der Waals surface area contributed by atoms with E-state index < -0.39 is 12.8 Å². The van der Waals surface area contributed by atoms with Gasteiger partial charge in [-0.2, -0.15) is 13.2 Å². The first-order valence-electron chi connectivity index (χ1n) is 7.84. The Kier molecular flexibility index (Phi) is 6.30. The molecule has 2 rings (SSSR count). The molecule has 1 aliphatic heterocycles. The van der Waals surface area contributed by atoms with Crippen LogP contribution in [0, 0.1) is 0 Å². The van der Waals surface area contributed by atoms with Crippen LogP contribution in [0.2, 0.25) is 0 Å². The summed E-state index contributed by atoms with van der Waals surface area (Å²) in [6, 6.07) is 5.55. The van der Waals surface area contributed by atoms with E-state index in [-0.39, 0.29) is 17.9 Å². The molecule has 1 unspecified atom stereocenters. The van der Waals surface area contributed by atoms with Crippen molar-refractivity contribution in [3.05, 3.63) is 24.3 Å². The third kappa shape index (κ3) is 5.92. The molecule has 1 aromatic carbocycles. The highest BCUT2D eigenvalue weighted by Gasteiger charge is 2.28. The van der Waals surface area contributed by atoms with Gasteiger partial charge in [0.25, 0.3) is 0 Å². The van der Waals surface area contributed by atoms with Crippen LogP contribution < -0.4 is 10.1 Å². The number of anilines is 1. The number of hydrogen-bond acceptors (Lipinski definition) is 3. The number of ether oxygens (including phenoxy) is 2. The van der Waals surface area contributed by atoms with Crippen LogP contribution in [0.5, 0.6) is 5.75 Å². The summed E-state index contributed by atoms with van der Waals surface area (Å²) in [7, 11) is 0. The number of halogens is 3. The molecule has 1 aliphatic rings. The molecule has 1 heterocycles. The number of urea groups is 1. The highest BCUT2D eigenvalue weighted by atomic mass is 19.4. The second kappa shape index (κ2) is 8.23. The second-order valence-corrected chi connectivity index (χ2v) is 5.52. The molecule has 1 N–H and O–H groups in total. The molecule has 0 aromatic heterocycles. The first-order valence-corrected chi connectivity index (χ1v) is 7.84. The summed E-state index contributed by atoms with van der Waals surface area (Å²) in [6.07, 6.45) is -2.52. The summed E-state index contributed by atoms with van der Waals surface area (Å²) < 4.78 is 46.4. The SMILES string of the molecule is CCOC1CCCN(C(=O)Nc2ccc(OCC(F)(F)F)cc2)C1. The lowest BCUT2D eigenvalue weighted by Crippen LogP contribution is -2.45. The highest BCUT2D eigenvalue weighted by Crippen LogP contribution is 2.21. The standard InChI is InChI=1S/C16H21F3N2O3/c1-2-23-14-4-3-9-21(10-14)15(22)20-12-5-7-13(8-6-12)24-11-16(17,18)19/h5-8,14H,2-4,9-11H2,1H3,(H,20,22). The van der Waals surface area contributed by atoms with Crippen LogP contribution in [0.25, 0.3) is 0 Å². The van der Waals surface area contributed by atoms with Crippen molar-refractivity contribution in [1.82, 2.24) is 4.90 Å². The Balaban J connectivity index is 1.85. The Hall–Kier alpha value is -1.96. The predicted molar refractivity (Wildman–Crippen MR) is 83.2 cm³/mol. The van der Waals surface area contributed by atoms with Crippen molar-refractivity contribution < 1.29 is 27.4 Å². The third-order valence-corrected chi connectivity index (χ3v) is 3.58. The van der Waals surface area contributed by atoms with Crippen LogP contribution in [0.15, 0.2) is 24.3 Å². The van der Waals surface area contributed by atoms with Gasteiger partial charge in [-0.1, -0.05) is 0 Å². The quantitative estimate of drug-likeness (QED) is 0.885. The van der Waals surface area contributed by atoms with Gasteiger partial charge in [0, 0.05) is 25.4 Å². The molecule has 0 bridgehead atoms. The summed E-state index contributed by atoms with van der Waals surface area (Å²) >= 11 is 0. The zero-order valence-electron chi connectivity index (χ0n) is 13.4. The first kappa shape index (κ1) is 18.4. The Labute approximate surface area is 138 Å². The van der Waals surface area contributed by atoms with Gasteiger partial charge in [0.2, 0.25) is 0 Å². The van der Waals surface area contributed by atoms with E-state index in [1.807, 2.05) is 6.92 Å². The molecule has 5 nitrogen and oxygen atoms in total. The molecule has 1 fully saturated rings. The fourth-order valence-electron chi connectivity index (χ4n) is 2.50. The Morgan fingerprint density at radius 3 is 2.67 bits per heavy atom. The van der Waals surface area contributed by atoms with Gasteiger partial charge in [0.15, 0.2) is 6.61 Å². The summed E-state index contributed by atoms with van der Waals surface area (Å²) in [5.41, 5.74) is 0.498. The van der Waals surface area contributed by atoms with Gasteiger partial charge in [-0.25, -0.2) is 4.79 Å². The van der Waals surface area contributed by atoms with E-state index in [4.69, 9.17) is 4.74 Å². The molecule has 0 radical (unpaired) electrons. The maximum atomic E-state index is 12.2. The van der Waals surface area contributed by atoms with E-state index in [1.54, 1.807) is 4.90 Å². The fourth-order valence-corrected chi connectivity index (χ4v) is 2.50. The Morgan fingerprint density at radius 1 is 1.33 bits per heavy atom. The number of rotatable bonds is 5. The summed E-state index contributed by atoms with van der Waals surface area (Å²) in [4.78, 5) is 13.9. The predicted octanol–water partition coefficient (Wildman–Crippen LogP) is 3.66. The van der Waals surface area contributed by atoms with Crippen molar-refractivity contribution in [1.29, 1.82) is 0 Å². The minimum absolute atomic E-state index is 0.0487. The van der Waals surface area contributed by atoms with Crippen LogP contribution in [0.4, 0.5) is 23.7 Å². The van der Waals surface area contributed by atoms with Gasteiger partial charge in [-0.05, 0) is 44.0 Å². The molecule has 0 saturated carbocycles. The zero-order chi connectivity index (χ0) is 17.6. The summed E-state index contributed by atoms with van der Waals surface area (Å²) in [5, 5.41) is 2.73. The molecule has 0 aliphatic carbocycles. The van der Waals surface area contributed by atoms with Crippen LogP contribution in [-0.2, 0) is 4.74 Å². The molecule has 1 aromatic rings. The van der Waals surface area contributed by atoms with Crippen molar-refractivity contribution in [2.75, 3.05) is 31.6 Å². The van der Waals surface area contributed by atoms with Gasteiger partial charge >= 0.3 is 12.2 Å². The van der Waals surface area contributed by atoms with Gasteiger partial charge in [0.05, 0.1) is 6.10 Å². The lowest BCUT2D eigenvalue weighted by molar-refractivity contribution is -0.153. The lowest BCUT2D eigenvalue weighted by Gasteiger charge is -2.32. The smallest absolute Gasteiger partial charge is 0.422 e. The maximum absolute atomic E-state index is 12.2. The molecule has 2 amide bonds. The average Bonchev–Trinajstić information content (AvgIpc) is 2.54. The number of benzene rings is 1. The van der Waals surface area contributed by atoms with E-state index in [2.05, 4.69) is 10.1 Å². The molecular weight excluding hydrogens is 325 g/mol. The third-order valence-electron chi connectivity index (χ3n) is 3.58. The topological polar surface area (TPSA) is 50.8 Å². The Morgan fingerprint density at radius 2 is 2.04 bits per heavy atom. The number of piperidine rings is 1. The number of carbonyl (C=O) groups excluding carboxylic acids is 1. The van der Waals surface area contributed by atoms with Crippen LogP contribution in [-0.4, -0.2) is 49.5 Å². The van der Waals surface area contributed by atoms with E-state index >= 15 is 0 Å². The van der Waals surface area contributed by atoms with Crippen LogP contribution >= 0.6 is 0 Å². The van der Waals surface area contributed by atoms with Crippen molar-refractivity contribution in [2.45, 2.75) is 32.0 Å². The van der Waals surface area contributed by atoms with E-state index in [1.165, 1.54) is 24.3 Å². The number of alkyl halides is 3. The number of likely N-dealkylation sites (tertiary alicyclic amines) is 1. The van der Waals surface area contributed by atoms with E-state index in [0.717, 1.165) is 12.8 Å². The van der Waals surface area contributed by atoms with Gasteiger partial charge < -0.3 is 19.7 Å². The van der Waals surface area contributed by atoms with Crippen molar-refractivity contribution in [3.63, 3.8) is 0 Å². The minimum Gasteiger partial charge on any atom is -0.484 e. The second-order valence-electron chi connectivity index (χ2n) is 5.52. The molecule has 0 spiro atoms. The van der Waals surface area contributed by atoms with Crippen molar-refractivity contribution >= 4 is 11.7 Å². The van der Waals surface area contributed by atoms with Crippen LogP contribution in [0.3, 0.4) is 0 Å². The monoisotopic (exact) mass is 346 g/mol. The zero-order valence-corrected chi connectivity index (χ0v) is 13.4. The van der Waals surface area contributed by atoms with Crippen molar-refractivity contribution in [3.8, 4) is 5.75 Å². The first-order chi connectivity index (χ1) is 11.4. The average molecular weight is 346 g/mol.